The monoisotopic (exact) mass is 346 g/mol. The van der Waals surface area contributed by atoms with Crippen molar-refractivity contribution in [1.82, 2.24) is 10.7 Å². The van der Waals surface area contributed by atoms with Crippen LogP contribution in [0.25, 0.3) is 0 Å². The van der Waals surface area contributed by atoms with Crippen molar-refractivity contribution >= 4 is 23.2 Å². The van der Waals surface area contributed by atoms with Gasteiger partial charge in [-0.1, -0.05) is 31.4 Å². The molecule has 0 saturated heterocycles. The summed E-state index contributed by atoms with van der Waals surface area (Å²) in [5, 5.41) is 17.3. The van der Waals surface area contributed by atoms with E-state index in [0.717, 1.165) is 32.1 Å². The first kappa shape index (κ1) is 18.6. The minimum atomic E-state index is -0.490. The summed E-state index contributed by atoms with van der Waals surface area (Å²) in [7, 11) is 0. The zero-order valence-corrected chi connectivity index (χ0v) is 14.2. The van der Waals surface area contributed by atoms with Crippen molar-refractivity contribution in [1.29, 1.82) is 0 Å². The molecule has 8 nitrogen and oxygen atoms in total. The number of carbonyl (C=O) groups excluding carboxylic acids is 2. The van der Waals surface area contributed by atoms with E-state index in [9.17, 15) is 19.7 Å². The van der Waals surface area contributed by atoms with E-state index in [1.165, 1.54) is 12.1 Å². The van der Waals surface area contributed by atoms with Crippen molar-refractivity contribution < 1.29 is 14.5 Å². The van der Waals surface area contributed by atoms with E-state index in [0.29, 0.717) is 11.3 Å². The molecule has 1 fully saturated rings. The third kappa shape index (κ3) is 5.66. The highest BCUT2D eigenvalue weighted by atomic mass is 16.6. The average Bonchev–Trinajstić information content (AvgIpc) is 2.64. The first-order valence-electron chi connectivity index (χ1n) is 8.33. The first-order chi connectivity index (χ1) is 12.0. The summed E-state index contributed by atoms with van der Waals surface area (Å²) in [5.74, 6) is -0.528. The average molecular weight is 346 g/mol. The summed E-state index contributed by atoms with van der Waals surface area (Å²) >= 11 is 0. The first-order valence-corrected chi connectivity index (χ1v) is 8.33. The van der Waals surface area contributed by atoms with Gasteiger partial charge in [0.15, 0.2) is 0 Å². The predicted octanol–water partition coefficient (Wildman–Crippen LogP) is 2.13. The van der Waals surface area contributed by atoms with Crippen LogP contribution in [0.2, 0.25) is 0 Å². The van der Waals surface area contributed by atoms with Crippen molar-refractivity contribution in [2.45, 2.75) is 39.0 Å². The van der Waals surface area contributed by atoms with Crippen molar-refractivity contribution in [3.63, 3.8) is 0 Å². The number of carbonyl (C=O) groups is 2. The van der Waals surface area contributed by atoms with Crippen LogP contribution in [0.3, 0.4) is 0 Å². The lowest BCUT2D eigenvalue weighted by molar-refractivity contribution is -0.384. The normalized spacial score (nSPS) is 15.5. The van der Waals surface area contributed by atoms with Crippen LogP contribution < -0.4 is 10.7 Å². The Balaban J connectivity index is 1.83. The maximum atomic E-state index is 12.0. The van der Waals surface area contributed by atoms with Gasteiger partial charge in [0.2, 0.25) is 5.91 Å². The molecule has 0 heterocycles. The van der Waals surface area contributed by atoms with Gasteiger partial charge in [0.05, 0.1) is 17.2 Å². The third-order valence-corrected chi connectivity index (χ3v) is 4.22. The van der Waals surface area contributed by atoms with Gasteiger partial charge < -0.3 is 5.32 Å². The minimum Gasteiger partial charge on any atom is -0.347 e. The molecule has 2 N–H and O–H groups in total. The van der Waals surface area contributed by atoms with Crippen LogP contribution >= 0.6 is 0 Å². The summed E-state index contributed by atoms with van der Waals surface area (Å²) < 4.78 is 0. The fourth-order valence-electron chi connectivity index (χ4n) is 2.77. The largest absolute Gasteiger partial charge is 0.347 e. The lowest BCUT2D eigenvalue weighted by atomic mass is 9.89. The molecule has 0 radical (unpaired) electrons. The Labute approximate surface area is 145 Å². The Bertz CT molecular complexity index is 681. The van der Waals surface area contributed by atoms with E-state index in [1.54, 1.807) is 19.1 Å². The van der Waals surface area contributed by atoms with Crippen molar-refractivity contribution in [3.05, 3.63) is 39.9 Å². The molecule has 0 bridgehead atoms. The number of nitro groups is 1. The van der Waals surface area contributed by atoms with E-state index in [1.807, 2.05) is 0 Å². The molecule has 1 aliphatic rings. The molecule has 134 valence electrons. The molecule has 0 spiro atoms. The molecular weight excluding hydrogens is 324 g/mol. The highest BCUT2D eigenvalue weighted by Gasteiger charge is 2.21. The number of rotatable bonds is 6. The molecule has 2 amide bonds. The maximum absolute atomic E-state index is 12.0. The molecule has 1 aliphatic carbocycles. The maximum Gasteiger partial charge on any atom is 0.270 e. The number of hydrogen-bond acceptors (Lipinski definition) is 5. The Kier molecular flexibility index (Phi) is 6.62. The highest BCUT2D eigenvalue weighted by Crippen LogP contribution is 2.23. The van der Waals surface area contributed by atoms with Crippen LogP contribution in [0.15, 0.2) is 29.4 Å². The lowest BCUT2D eigenvalue weighted by Crippen LogP contribution is -2.39. The molecule has 8 heteroatoms. The lowest BCUT2D eigenvalue weighted by Gasteiger charge is -2.20. The third-order valence-electron chi connectivity index (χ3n) is 4.22. The summed E-state index contributed by atoms with van der Waals surface area (Å²) in [5.41, 5.74) is 3.29. The molecule has 1 saturated carbocycles. The Hall–Kier alpha value is -2.77. The van der Waals surface area contributed by atoms with Gasteiger partial charge in [-0.15, -0.1) is 0 Å². The molecule has 2 rings (SSSR count). The fraction of sp³-hybridized carbons (Fsp3) is 0.471. The van der Waals surface area contributed by atoms with Gasteiger partial charge in [-0.3, -0.25) is 19.7 Å². The number of non-ortho nitro benzene ring substituents is 1. The summed E-state index contributed by atoms with van der Waals surface area (Å²) in [6.07, 6.45) is 5.01. The smallest absolute Gasteiger partial charge is 0.270 e. The Morgan fingerprint density at radius 2 is 2.00 bits per heavy atom. The molecule has 0 aromatic heterocycles. The van der Waals surface area contributed by atoms with Gasteiger partial charge in [0, 0.05) is 23.6 Å². The van der Waals surface area contributed by atoms with Gasteiger partial charge in [0.1, 0.15) is 0 Å². The number of hydrogen-bond donors (Lipinski definition) is 2. The molecule has 0 aliphatic heterocycles. The van der Waals surface area contributed by atoms with Crippen molar-refractivity contribution in [3.8, 4) is 0 Å². The minimum absolute atomic E-state index is 0.00310. The second-order valence-corrected chi connectivity index (χ2v) is 6.09. The molecule has 25 heavy (non-hydrogen) atoms. The van der Waals surface area contributed by atoms with Gasteiger partial charge in [-0.25, -0.2) is 5.43 Å². The molecule has 0 unspecified atom stereocenters. The van der Waals surface area contributed by atoms with Crippen LogP contribution in [-0.4, -0.2) is 29.0 Å². The topological polar surface area (TPSA) is 114 Å². The van der Waals surface area contributed by atoms with Gasteiger partial charge >= 0.3 is 0 Å². The summed E-state index contributed by atoms with van der Waals surface area (Å²) in [4.78, 5) is 34.1. The summed E-state index contributed by atoms with van der Waals surface area (Å²) in [6, 6.07) is 5.99. The highest BCUT2D eigenvalue weighted by molar-refractivity contribution is 5.99. The quantitative estimate of drug-likeness (QED) is 0.466. The zero-order chi connectivity index (χ0) is 18.2. The van der Waals surface area contributed by atoms with E-state index in [2.05, 4.69) is 15.8 Å². The number of benzene rings is 1. The fourth-order valence-corrected chi connectivity index (χ4v) is 2.77. The van der Waals surface area contributed by atoms with Gasteiger partial charge in [-0.05, 0) is 19.8 Å². The Morgan fingerprint density at radius 1 is 1.28 bits per heavy atom. The number of amides is 2. The predicted molar refractivity (Wildman–Crippen MR) is 93.0 cm³/mol. The van der Waals surface area contributed by atoms with Crippen LogP contribution in [0.5, 0.6) is 0 Å². The summed E-state index contributed by atoms with van der Waals surface area (Å²) in [6.45, 7) is 1.50. The second kappa shape index (κ2) is 8.91. The number of hydrazone groups is 1. The molecule has 1 aromatic carbocycles. The van der Waals surface area contributed by atoms with Crippen molar-refractivity contribution in [2.75, 3.05) is 6.54 Å². The van der Waals surface area contributed by atoms with Crippen LogP contribution in [-0.2, 0) is 9.59 Å². The Morgan fingerprint density at radius 3 is 2.68 bits per heavy atom. The second-order valence-electron chi connectivity index (χ2n) is 6.09. The number of nitro benzene ring substituents is 1. The zero-order valence-electron chi connectivity index (χ0n) is 14.2. The van der Waals surface area contributed by atoms with E-state index in [4.69, 9.17) is 0 Å². The van der Waals surface area contributed by atoms with Crippen LogP contribution in [0.1, 0.15) is 44.6 Å². The van der Waals surface area contributed by atoms with Gasteiger partial charge in [0.25, 0.3) is 11.6 Å². The van der Waals surface area contributed by atoms with Crippen molar-refractivity contribution in [2.24, 2.45) is 11.0 Å². The molecular formula is C17H22N4O4. The van der Waals surface area contributed by atoms with E-state index >= 15 is 0 Å². The number of nitrogens with one attached hydrogen (secondary N) is 2. The van der Waals surface area contributed by atoms with Gasteiger partial charge in [-0.2, -0.15) is 5.10 Å². The van der Waals surface area contributed by atoms with E-state index in [-0.39, 0.29) is 24.1 Å². The standard InChI is InChI=1S/C17H22N4O4/c1-12(14-8-5-9-15(10-14)21(24)25)19-20-16(22)11-18-17(23)13-6-3-2-4-7-13/h5,8-10,13H,2-4,6-7,11H2,1H3,(H,18,23)(H,20,22). The molecule has 0 atom stereocenters. The van der Waals surface area contributed by atoms with Crippen LogP contribution in [0.4, 0.5) is 5.69 Å². The molecule has 1 aromatic rings. The van der Waals surface area contributed by atoms with Crippen LogP contribution in [0, 0.1) is 16.0 Å². The van der Waals surface area contributed by atoms with E-state index < -0.39 is 10.8 Å². The SMILES string of the molecule is CC(=NNC(=O)CNC(=O)C1CCCCC1)c1cccc([N+](=O)[O-])c1. The number of nitrogens with zero attached hydrogens (tertiary/aromatic N) is 2.